The quantitative estimate of drug-likeness (QED) is 0.578. The zero-order chi connectivity index (χ0) is 20.8. The number of anilines is 2. The topological polar surface area (TPSA) is 137 Å². The molecule has 2 aromatic rings. The Labute approximate surface area is 164 Å². The van der Waals surface area contributed by atoms with Crippen molar-refractivity contribution in [3.63, 3.8) is 0 Å². The van der Waals surface area contributed by atoms with Gasteiger partial charge in [-0.1, -0.05) is 0 Å². The summed E-state index contributed by atoms with van der Waals surface area (Å²) in [7, 11) is -6.23. The number of ether oxygens (including phenoxy) is 2. The Balaban J connectivity index is 2.08. The van der Waals surface area contributed by atoms with E-state index in [1.165, 1.54) is 43.8 Å². The lowest BCUT2D eigenvalue weighted by Crippen LogP contribution is -2.21. The second-order valence-corrected chi connectivity index (χ2v) is 9.41. The fraction of sp³-hybridized carbons (Fsp3) is 0.375. The standard InChI is InChI=1S/C16H22N4O6S2/c1-12(2)26-10-11-27(21,22)19-13-4-6-14(7-5-13)28(23,24)20-15-16(25-3)18-9-8-17-15/h4-9,12,19H,10-11H2,1-3H3,(H,17,20). The van der Waals surface area contributed by atoms with E-state index in [1.54, 1.807) is 0 Å². The van der Waals surface area contributed by atoms with Crippen molar-refractivity contribution in [1.29, 1.82) is 0 Å². The van der Waals surface area contributed by atoms with E-state index in [2.05, 4.69) is 19.4 Å². The minimum Gasteiger partial charge on any atom is -0.478 e. The maximum atomic E-state index is 12.5. The number of sulfonamides is 2. The molecule has 10 nitrogen and oxygen atoms in total. The molecule has 0 bridgehead atoms. The smallest absolute Gasteiger partial charge is 0.263 e. The second-order valence-electron chi connectivity index (χ2n) is 5.88. The van der Waals surface area contributed by atoms with Crippen molar-refractivity contribution in [2.24, 2.45) is 0 Å². The molecule has 28 heavy (non-hydrogen) atoms. The van der Waals surface area contributed by atoms with Crippen molar-refractivity contribution in [1.82, 2.24) is 9.97 Å². The molecule has 0 spiro atoms. The molecule has 154 valence electrons. The van der Waals surface area contributed by atoms with Crippen LogP contribution in [0.3, 0.4) is 0 Å². The van der Waals surface area contributed by atoms with Crippen LogP contribution in [0.1, 0.15) is 13.8 Å². The number of rotatable bonds is 10. The maximum Gasteiger partial charge on any atom is 0.263 e. The Hall–Kier alpha value is -2.44. The van der Waals surface area contributed by atoms with Gasteiger partial charge in [0.05, 0.1) is 30.5 Å². The maximum absolute atomic E-state index is 12.5. The molecule has 0 amide bonds. The molecule has 0 unspecified atom stereocenters. The van der Waals surface area contributed by atoms with Crippen LogP contribution in [-0.4, -0.2) is 52.4 Å². The molecule has 12 heteroatoms. The Bertz CT molecular complexity index is 992. The molecule has 0 saturated heterocycles. The number of hydrogen-bond donors (Lipinski definition) is 2. The van der Waals surface area contributed by atoms with Gasteiger partial charge in [0.15, 0.2) is 0 Å². The normalized spacial score (nSPS) is 12.0. The summed E-state index contributed by atoms with van der Waals surface area (Å²) in [5, 5.41) is 0. The summed E-state index contributed by atoms with van der Waals surface area (Å²) in [4.78, 5) is 7.67. The average Bonchev–Trinajstić information content (AvgIpc) is 2.61. The number of hydrogen-bond acceptors (Lipinski definition) is 8. The van der Waals surface area contributed by atoms with Crippen LogP contribution < -0.4 is 14.2 Å². The van der Waals surface area contributed by atoms with Crippen LogP contribution in [0.4, 0.5) is 11.5 Å². The number of nitrogens with zero attached hydrogens (tertiary/aromatic N) is 2. The highest BCUT2D eigenvalue weighted by atomic mass is 32.2. The van der Waals surface area contributed by atoms with Gasteiger partial charge in [0.1, 0.15) is 0 Å². The van der Waals surface area contributed by atoms with Gasteiger partial charge in [-0.05, 0) is 38.1 Å². The second kappa shape index (κ2) is 9.17. The van der Waals surface area contributed by atoms with Gasteiger partial charge in [-0.25, -0.2) is 26.8 Å². The molecule has 0 saturated carbocycles. The van der Waals surface area contributed by atoms with Crippen molar-refractivity contribution in [2.75, 3.05) is 28.9 Å². The lowest BCUT2D eigenvalue weighted by atomic mass is 10.3. The summed E-state index contributed by atoms with van der Waals surface area (Å²) in [6, 6.07) is 5.24. The molecule has 1 aromatic heterocycles. The number of benzene rings is 1. The first-order chi connectivity index (χ1) is 13.1. The summed E-state index contributed by atoms with van der Waals surface area (Å²) in [5.41, 5.74) is 0.237. The SMILES string of the molecule is COc1nccnc1NS(=O)(=O)c1ccc(NS(=O)(=O)CCOC(C)C)cc1. The van der Waals surface area contributed by atoms with Gasteiger partial charge >= 0.3 is 0 Å². The van der Waals surface area contributed by atoms with E-state index in [0.29, 0.717) is 0 Å². The highest BCUT2D eigenvalue weighted by molar-refractivity contribution is 7.93. The number of nitrogens with one attached hydrogen (secondary N) is 2. The lowest BCUT2D eigenvalue weighted by molar-refractivity contribution is 0.0913. The van der Waals surface area contributed by atoms with Crippen LogP contribution in [-0.2, 0) is 24.8 Å². The largest absolute Gasteiger partial charge is 0.478 e. The number of methoxy groups -OCH3 is 1. The first kappa shape index (κ1) is 21.9. The molecule has 2 rings (SSSR count). The van der Waals surface area contributed by atoms with Gasteiger partial charge in [0, 0.05) is 18.1 Å². The van der Waals surface area contributed by atoms with Crippen LogP contribution in [0, 0.1) is 0 Å². The summed E-state index contributed by atoms with van der Waals surface area (Å²) in [6.07, 6.45) is 2.62. The molecule has 1 aromatic carbocycles. The van der Waals surface area contributed by atoms with E-state index in [4.69, 9.17) is 9.47 Å². The Morgan fingerprint density at radius 3 is 2.25 bits per heavy atom. The predicted molar refractivity (Wildman–Crippen MR) is 104 cm³/mol. The van der Waals surface area contributed by atoms with Crippen molar-refractivity contribution >= 4 is 31.6 Å². The van der Waals surface area contributed by atoms with E-state index >= 15 is 0 Å². The summed E-state index contributed by atoms with van der Waals surface area (Å²) >= 11 is 0. The van der Waals surface area contributed by atoms with E-state index < -0.39 is 20.0 Å². The van der Waals surface area contributed by atoms with Crippen molar-refractivity contribution < 1.29 is 26.3 Å². The van der Waals surface area contributed by atoms with Gasteiger partial charge in [-0.15, -0.1) is 0 Å². The highest BCUT2D eigenvalue weighted by Crippen LogP contribution is 2.22. The van der Waals surface area contributed by atoms with E-state index in [9.17, 15) is 16.8 Å². The Morgan fingerprint density at radius 2 is 1.64 bits per heavy atom. The molecule has 0 atom stereocenters. The van der Waals surface area contributed by atoms with Crippen LogP contribution >= 0.6 is 0 Å². The van der Waals surface area contributed by atoms with Gasteiger partial charge in [0.25, 0.3) is 15.9 Å². The molecule has 0 aliphatic heterocycles. The Kier molecular flexibility index (Phi) is 7.16. The summed E-state index contributed by atoms with van der Waals surface area (Å²) in [6.45, 7) is 3.68. The zero-order valence-electron chi connectivity index (χ0n) is 15.6. The Morgan fingerprint density at radius 1 is 1.00 bits per heavy atom. The fourth-order valence-corrected chi connectivity index (χ4v) is 3.98. The molecule has 2 N–H and O–H groups in total. The lowest BCUT2D eigenvalue weighted by Gasteiger charge is -2.12. The highest BCUT2D eigenvalue weighted by Gasteiger charge is 2.18. The van der Waals surface area contributed by atoms with Crippen molar-refractivity contribution in [2.45, 2.75) is 24.8 Å². The molecule has 0 aliphatic rings. The van der Waals surface area contributed by atoms with Crippen molar-refractivity contribution in [3.8, 4) is 5.88 Å². The van der Waals surface area contributed by atoms with Gasteiger partial charge in [0.2, 0.25) is 15.8 Å². The average molecular weight is 431 g/mol. The van der Waals surface area contributed by atoms with E-state index in [1.807, 2.05) is 13.8 Å². The van der Waals surface area contributed by atoms with Gasteiger partial charge in [-0.3, -0.25) is 9.44 Å². The minimum atomic E-state index is -3.96. The number of aromatic nitrogens is 2. The van der Waals surface area contributed by atoms with E-state index in [0.717, 1.165) is 0 Å². The zero-order valence-corrected chi connectivity index (χ0v) is 17.2. The molecular weight excluding hydrogens is 408 g/mol. The monoisotopic (exact) mass is 430 g/mol. The van der Waals surface area contributed by atoms with Crippen LogP contribution in [0.25, 0.3) is 0 Å². The molecule has 0 aliphatic carbocycles. The van der Waals surface area contributed by atoms with Gasteiger partial charge < -0.3 is 9.47 Å². The molecular formula is C16H22N4O6S2. The molecule has 1 heterocycles. The minimum absolute atomic E-state index is 0.0269. The molecule has 0 radical (unpaired) electrons. The van der Waals surface area contributed by atoms with Crippen LogP contribution in [0.2, 0.25) is 0 Å². The van der Waals surface area contributed by atoms with Crippen LogP contribution in [0.5, 0.6) is 5.88 Å². The van der Waals surface area contributed by atoms with Crippen LogP contribution in [0.15, 0.2) is 41.6 Å². The third-order valence-electron chi connectivity index (χ3n) is 3.33. The summed E-state index contributed by atoms with van der Waals surface area (Å²) < 4.78 is 63.9. The third-order valence-corrected chi connectivity index (χ3v) is 5.94. The fourth-order valence-electron chi connectivity index (χ4n) is 2.06. The van der Waals surface area contributed by atoms with Crippen molar-refractivity contribution in [3.05, 3.63) is 36.7 Å². The van der Waals surface area contributed by atoms with Gasteiger partial charge in [-0.2, -0.15) is 0 Å². The molecule has 0 fully saturated rings. The first-order valence-corrected chi connectivity index (χ1v) is 11.4. The summed E-state index contributed by atoms with van der Waals surface area (Å²) in [5.74, 6) is -0.238. The predicted octanol–water partition coefficient (Wildman–Crippen LogP) is 1.45. The van der Waals surface area contributed by atoms with E-state index in [-0.39, 0.29) is 40.7 Å². The first-order valence-electron chi connectivity index (χ1n) is 8.23. The third kappa shape index (κ3) is 6.32.